The van der Waals surface area contributed by atoms with Gasteiger partial charge in [0, 0.05) is 31.2 Å². The van der Waals surface area contributed by atoms with Crippen LogP contribution in [0.4, 0.5) is 5.69 Å². The molecule has 1 fully saturated rings. The first-order chi connectivity index (χ1) is 10.5. The molecule has 6 nitrogen and oxygen atoms in total. The van der Waals surface area contributed by atoms with Gasteiger partial charge in [-0.3, -0.25) is 10.2 Å². The number of piperazine rings is 1. The van der Waals surface area contributed by atoms with E-state index in [1.165, 1.54) is 0 Å². The highest BCUT2D eigenvalue weighted by Gasteiger charge is 2.25. The van der Waals surface area contributed by atoms with Crippen molar-refractivity contribution in [1.29, 1.82) is 0 Å². The minimum absolute atomic E-state index is 0.0292. The summed E-state index contributed by atoms with van der Waals surface area (Å²) in [6, 6.07) is 7.01. The van der Waals surface area contributed by atoms with Crippen LogP contribution in [0.25, 0.3) is 0 Å². The van der Waals surface area contributed by atoms with Gasteiger partial charge in [-0.25, -0.2) is 0 Å². The average molecular weight is 340 g/mol. The van der Waals surface area contributed by atoms with Gasteiger partial charge < -0.3 is 15.5 Å². The Morgan fingerprint density at radius 3 is 2.64 bits per heavy atom. The summed E-state index contributed by atoms with van der Waals surface area (Å²) in [7, 11) is 2.02. The number of amides is 1. The van der Waals surface area contributed by atoms with E-state index in [9.17, 15) is 4.79 Å². The Kier molecular flexibility index (Phi) is 5.70. The van der Waals surface area contributed by atoms with Gasteiger partial charge in [-0.1, -0.05) is 29.9 Å². The molecule has 0 atom stereocenters. The summed E-state index contributed by atoms with van der Waals surface area (Å²) < 4.78 is 0. The summed E-state index contributed by atoms with van der Waals surface area (Å²) in [5.41, 5.74) is 9.13. The van der Waals surface area contributed by atoms with Crippen molar-refractivity contribution in [3.8, 4) is 0 Å². The molecule has 0 bridgehead atoms. The van der Waals surface area contributed by atoms with Gasteiger partial charge in [0.15, 0.2) is 5.71 Å². The number of nitrogens with two attached hydrogens (primary N) is 1. The van der Waals surface area contributed by atoms with Gasteiger partial charge in [0.2, 0.25) is 0 Å². The van der Waals surface area contributed by atoms with Crippen molar-refractivity contribution < 1.29 is 4.79 Å². The molecule has 0 spiro atoms. The van der Waals surface area contributed by atoms with Crippen LogP contribution in [0.5, 0.6) is 0 Å². The van der Waals surface area contributed by atoms with Crippen LogP contribution in [-0.4, -0.2) is 59.6 Å². The lowest BCUT2D eigenvalue weighted by molar-refractivity contribution is -0.125. The Balaban J connectivity index is 2.10. The minimum Gasteiger partial charge on any atom is -0.388 e. The maximum Gasteiger partial charge on any atom is 0.277 e. The first-order valence-corrected chi connectivity index (χ1v) is 7.63. The molecule has 8 heteroatoms. The lowest BCUT2D eigenvalue weighted by Gasteiger charge is -2.32. The zero-order valence-electron chi connectivity index (χ0n) is 12.3. The molecule has 22 heavy (non-hydrogen) atoms. The standard InChI is InChI=1S/C14H18ClN5OS/c1-19-5-7-20(8-6-19)14(21)12(13(16)22)18-17-11-4-2-3-10(15)9-11/h2-4,9,17H,5-8H2,1H3,(H2,16,22)/b18-12+. The van der Waals surface area contributed by atoms with Gasteiger partial charge in [0.1, 0.15) is 4.99 Å². The number of rotatable bonds is 4. The van der Waals surface area contributed by atoms with Gasteiger partial charge in [0.25, 0.3) is 5.91 Å². The summed E-state index contributed by atoms with van der Waals surface area (Å²) in [5, 5.41) is 4.64. The molecule has 1 aliphatic rings. The number of anilines is 1. The third-order valence-electron chi connectivity index (χ3n) is 3.35. The van der Waals surface area contributed by atoms with E-state index >= 15 is 0 Å². The van der Waals surface area contributed by atoms with E-state index in [2.05, 4.69) is 15.4 Å². The van der Waals surface area contributed by atoms with Gasteiger partial charge in [-0.05, 0) is 25.2 Å². The number of halogens is 1. The number of nitrogens with one attached hydrogen (secondary N) is 1. The molecule has 1 aliphatic heterocycles. The van der Waals surface area contributed by atoms with E-state index in [0.29, 0.717) is 23.8 Å². The maximum absolute atomic E-state index is 12.5. The zero-order valence-corrected chi connectivity index (χ0v) is 13.8. The normalized spacial score (nSPS) is 16.5. The minimum atomic E-state index is -0.255. The van der Waals surface area contributed by atoms with E-state index in [0.717, 1.165) is 13.1 Å². The van der Waals surface area contributed by atoms with Gasteiger partial charge >= 0.3 is 0 Å². The number of hydrazone groups is 1. The van der Waals surface area contributed by atoms with Crippen molar-refractivity contribution in [3.63, 3.8) is 0 Å². The van der Waals surface area contributed by atoms with Gasteiger partial charge in [-0.2, -0.15) is 5.10 Å². The summed E-state index contributed by atoms with van der Waals surface area (Å²) in [4.78, 5) is 16.3. The quantitative estimate of drug-likeness (QED) is 0.489. The third kappa shape index (κ3) is 4.40. The van der Waals surface area contributed by atoms with Gasteiger partial charge in [0.05, 0.1) is 5.69 Å². The first kappa shape index (κ1) is 16.7. The second-order valence-electron chi connectivity index (χ2n) is 5.04. The van der Waals surface area contributed by atoms with Crippen LogP contribution in [-0.2, 0) is 4.79 Å². The van der Waals surface area contributed by atoms with Crippen LogP contribution >= 0.6 is 23.8 Å². The van der Waals surface area contributed by atoms with Crippen LogP contribution in [0.3, 0.4) is 0 Å². The van der Waals surface area contributed by atoms with Crippen LogP contribution in [0.2, 0.25) is 5.02 Å². The second-order valence-corrected chi connectivity index (χ2v) is 5.92. The number of hydrogen-bond donors (Lipinski definition) is 2. The number of nitrogens with zero attached hydrogens (tertiary/aromatic N) is 3. The number of likely N-dealkylation sites (N-methyl/N-ethyl adjacent to an activating group) is 1. The number of benzene rings is 1. The second kappa shape index (κ2) is 7.53. The van der Waals surface area contributed by atoms with Crippen LogP contribution in [0, 0.1) is 0 Å². The molecule has 1 aromatic carbocycles. The fourth-order valence-corrected chi connectivity index (χ4v) is 2.37. The monoisotopic (exact) mass is 339 g/mol. The van der Waals surface area contributed by atoms with Crippen molar-refractivity contribution in [1.82, 2.24) is 9.80 Å². The first-order valence-electron chi connectivity index (χ1n) is 6.84. The maximum atomic E-state index is 12.5. The van der Waals surface area contributed by atoms with E-state index in [1.54, 1.807) is 29.2 Å². The van der Waals surface area contributed by atoms with Crippen LogP contribution < -0.4 is 11.2 Å². The summed E-state index contributed by atoms with van der Waals surface area (Å²) in [5.74, 6) is -0.255. The van der Waals surface area contributed by atoms with Crippen molar-refractivity contribution >= 4 is 46.1 Å². The molecular formula is C14H18ClN5OS. The van der Waals surface area contributed by atoms with E-state index in [1.807, 2.05) is 7.05 Å². The Hall–Kier alpha value is -1.70. The topological polar surface area (TPSA) is 74.0 Å². The van der Waals surface area contributed by atoms with Crippen LogP contribution in [0.15, 0.2) is 29.4 Å². The molecule has 3 N–H and O–H groups in total. The SMILES string of the molecule is CN1CCN(C(=O)/C(=N/Nc2cccc(Cl)c2)C(N)=S)CC1. The number of carbonyl (C=O) groups is 1. The molecule has 0 radical (unpaired) electrons. The van der Waals surface area contributed by atoms with E-state index < -0.39 is 0 Å². The highest BCUT2D eigenvalue weighted by molar-refractivity contribution is 7.82. The van der Waals surface area contributed by atoms with Crippen LogP contribution in [0.1, 0.15) is 0 Å². The molecule has 0 unspecified atom stereocenters. The molecule has 0 aromatic heterocycles. The molecule has 1 aromatic rings. The lowest BCUT2D eigenvalue weighted by Crippen LogP contribution is -2.51. The fraction of sp³-hybridized carbons (Fsp3) is 0.357. The number of hydrogen-bond acceptors (Lipinski definition) is 5. The molecule has 0 aliphatic carbocycles. The third-order valence-corrected chi connectivity index (χ3v) is 3.78. The summed E-state index contributed by atoms with van der Waals surface area (Å²) in [6.07, 6.45) is 0. The lowest BCUT2D eigenvalue weighted by atomic mass is 10.2. The van der Waals surface area contributed by atoms with Gasteiger partial charge in [-0.15, -0.1) is 0 Å². The highest BCUT2D eigenvalue weighted by atomic mass is 35.5. The Bertz CT molecular complexity index is 599. The Labute approximate surface area is 139 Å². The average Bonchev–Trinajstić information content (AvgIpc) is 2.47. The highest BCUT2D eigenvalue weighted by Crippen LogP contribution is 2.14. The summed E-state index contributed by atoms with van der Waals surface area (Å²) in [6.45, 7) is 2.90. The molecule has 118 valence electrons. The molecule has 1 heterocycles. The fourth-order valence-electron chi connectivity index (χ4n) is 2.05. The molecule has 0 saturated carbocycles. The smallest absolute Gasteiger partial charge is 0.277 e. The van der Waals surface area contributed by atoms with E-state index in [-0.39, 0.29) is 16.6 Å². The Morgan fingerprint density at radius 1 is 1.36 bits per heavy atom. The molecule has 1 saturated heterocycles. The number of thiocarbonyl (C=S) groups is 1. The predicted molar refractivity (Wildman–Crippen MR) is 93.4 cm³/mol. The largest absolute Gasteiger partial charge is 0.388 e. The molecule has 1 amide bonds. The van der Waals surface area contributed by atoms with Crippen molar-refractivity contribution in [2.24, 2.45) is 10.8 Å². The van der Waals surface area contributed by atoms with Crippen molar-refractivity contribution in [3.05, 3.63) is 29.3 Å². The predicted octanol–water partition coefficient (Wildman–Crippen LogP) is 1.17. The molecule has 2 rings (SSSR count). The number of carbonyl (C=O) groups excluding carboxylic acids is 1. The Morgan fingerprint density at radius 2 is 2.05 bits per heavy atom. The summed E-state index contributed by atoms with van der Waals surface area (Å²) >= 11 is 10.9. The molecular weight excluding hydrogens is 322 g/mol. The van der Waals surface area contributed by atoms with Crippen molar-refractivity contribution in [2.75, 3.05) is 38.7 Å². The van der Waals surface area contributed by atoms with E-state index in [4.69, 9.17) is 29.6 Å². The van der Waals surface area contributed by atoms with Crippen molar-refractivity contribution in [2.45, 2.75) is 0 Å². The zero-order chi connectivity index (χ0) is 16.1.